The second-order valence-corrected chi connectivity index (χ2v) is 31.8. The zero-order valence-electron chi connectivity index (χ0n) is 68.8. The number of aromatic nitrogens is 7. The number of nitrogens with one attached hydrogen (secondary N) is 14. The number of aromatic amines is 3. The third-order valence-corrected chi connectivity index (χ3v) is 21.5. The number of nitrogens with two attached hydrogens (primary N) is 4. The van der Waals surface area contributed by atoms with Gasteiger partial charge in [-0.1, -0.05) is 144 Å². The molecule has 0 spiro atoms. The Hall–Kier alpha value is -11.0. The summed E-state index contributed by atoms with van der Waals surface area (Å²) in [5, 5.41) is 41.7. The summed E-state index contributed by atoms with van der Waals surface area (Å²) in [4.78, 5) is 181. The van der Waals surface area contributed by atoms with Crippen LogP contribution in [0.3, 0.4) is 0 Å². The highest BCUT2D eigenvalue weighted by Gasteiger charge is 2.36. The molecule has 22 N–H and O–H groups in total. The zero-order valence-corrected chi connectivity index (χ0v) is 69.6. The summed E-state index contributed by atoms with van der Waals surface area (Å²) in [6, 6.07) is 4.42. The number of primary amides is 1. The molecule has 12 amide bonds. The normalized spacial score (nSPS) is 18.1. The number of aryl methyl sites for hydroxylation is 1. The van der Waals surface area contributed by atoms with Crippen molar-refractivity contribution in [1.29, 1.82) is 0 Å². The van der Waals surface area contributed by atoms with E-state index in [4.69, 9.17) is 32.4 Å². The van der Waals surface area contributed by atoms with Crippen molar-refractivity contribution >= 4 is 97.8 Å². The molecule has 662 valence electrons. The van der Waals surface area contributed by atoms with Crippen molar-refractivity contribution in [1.82, 2.24) is 93.5 Å². The zero-order chi connectivity index (χ0) is 86.7. The molecule has 120 heavy (non-hydrogen) atoms. The van der Waals surface area contributed by atoms with Gasteiger partial charge in [0.2, 0.25) is 80.9 Å². The molecule has 0 radical (unpaired) electrons. The van der Waals surface area contributed by atoms with Crippen LogP contribution in [0, 0.1) is 0 Å². The maximum Gasteiger partial charge on any atom is 0.246 e. The summed E-state index contributed by atoms with van der Waals surface area (Å²) in [6.45, 7) is 0.969. The van der Waals surface area contributed by atoms with Gasteiger partial charge in [0.1, 0.15) is 54.9 Å². The highest BCUT2D eigenvalue weighted by atomic mass is 32.2. The Morgan fingerprint density at radius 3 is 1.96 bits per heavy atom. The molecule has 6 rings (SSSR count). The monoisotopic (exact) mass is 1700 g/mol. The predicted octanol–water partition coefficient (Wildman–Crippen LogP) is 0.548. The van der Waals surface area contributed by atoms with E-state index in [9.17, 15) is 66.0 Å². The summed E-state index contributed by atoms with van der Waals surface area (Å²) in [5.74, 6) is -8.95. The fraction of sp³-hybridized carbons (Fsp3) is 0.613. The van der Waals surface area contributed by atoms with Crippen LogP contribution in [0.25, 0.3) is 10.9 Å². The minimum atomic E-state index is -3.86. The van der Waals surface area contributed by atoms with Gasteiger partial charge >= 0.3 is 0 Å². The number of benzene rings is 2. The molecule has 0 saturated carbocycles. The molecule has 8 atom stereocenters. The van der Waals surface area contributed by atoms with Crippen molar-refractivity contribution in [2.75, 3.05) is 58.4 Å². The third-order valence-electron chi connectivity index (χ3n) is 20.1. The van der Waals surface area contributed by atoms with Crippen LogP contribution in [0.1, 0.15) is 203 Å². The number of guanidine groups is 1. The maximum atomic E-state index is 14.8. The number of rotatable bonds is 50. The number of carbonyl (C=O) groups is 12. The number of nitrogens with zero attached hydrogens (tertiary/aromatic N) is 5. The van der Waals surface area contributed by atoms with Crippen molar-refractivity contribution in [2.24, 2.45) is 27.9 Å². The Kier molecular flexibility index (Phi) is 45.4. The number of fused-ring (bicyclic) bond motifs is 1. The van der Waals surface area contributed by atoms with Crippen molar-refractivity contribution in [3.8, 4) is 0 Å². The minimum Gasteiger partial charge on any atom is -0.377 e. The first kappa shape index (κ1) is 97.8. The number of para-hydroxylation sites is 1. The van der Waals surface area contributed by atoms with Crippen LogP contribution in [0.5, 0.6) is 0 Å². The third kappa shape index (κ3) is 39.3. The SMILES string of the molecule is CCCC[C@H](NC(=O)[C@H](Cc1cnc[nH]1)NC(=O)COCCOCCNC(=O)CCCCS(=O)(=O)NC(=O)CCCCCCCCCCCCCCCc1nn[nH]n1)C(=O)N[C@H]1CCC(=O)NCCCC[C@@H](C(N)=O)NC(=O)[C@H](Cc2c[nH]c3ccccc23)NC(=O)[C@H](CCCN=C(N)N)NC(=O)[C@@H](Cc2ccccc2)NC(=O)[C@H](CN)NC1=O. The van der Waals surface area contributed by atoms with E-state index in [-0.39, 0.29) is 153 Å². The van der Waals surface area contributed by atoms with E-state index in [1.54, 1.807) is 42.6 Å². The Labute approximate surface area is 700 Å². The number of tetrazole rings is 1. The van der Waals surface area contributed by atoms with Gasteiger partial charge in [-0.05, 0) is 87.8 Å². The molecule has 4 heterocycles. The molecule has 2 aromatic carbocycles. The molecule has 5 aromatic rings. The number of imidazole rings is 1. The fourth-order valence-corrected chi connectivity index (χ4v) is 14.6. The van der Waals surface area contributed by atoms with Crippen LogP contribution in [0.15, 0.2) is 78.3 Å². The Morgan fingerprint density at radius 1 is 0.633 bits per heavy atom. The molecule has 0 unspecified atom stereocenters. The number of H-pyrrole nitrogens is 3. The molecule has 39 nitrogen and oxygen atoms in total. The summed E-state index contributed by atoms with van der Waals surface area (Å²) in [6.07, 6.45) is 20.5. The largest absolute Gasteiger partial charge is 0.377 e. The Balaban J connectivity index is 0.998. The van der Waals surface area contributed by atoms with E-state index in [0.717, 1.165) is 55.3 Å². The van der Waals surface area contributed by atoms with E-state index in [0.29, 0.717) is 36.1 Å². The maximum absolute atomic E-state index is 14.8. The van der Waals surface area contributed by atoms with Gasteiger partial charge in [-0.15, -0.1) is 10.2 Å². The number of hydrogen-bond acceptors (Lipinski definition) is 22. The standard InChI is InChI=1S/C80H125N23O16S/c1-2-3-30-60(93-78(114)65(48-56-51-85-53-90-56)91-71(107)52-119-44-43-118-42-41-87-68(104)35-23-25-45-120(116,117)101-70(106)36-19-14-12-10-8-6-4-5-7-9-11-13-18-34-67-99-102-103-100-67)73(109)95-62-37-38-69(105)86-39-24-22-32-59(72(82)108)92-77(113)64(47-55-50-89-58-31-21-20-29-57(55)58)97-74(110)61(33-26-40-88-80(83)84)94-76(112)63(46-54-27-16-15-17-28-54)96-79(115)66(49-81)98-75(62)111/h15-17,20-21,27-29,31,50-51,53,59-66,89H,2-14,18-19,22-26,30,32-49,52,81H2,1H3,(H2,82,108)(H,85,90)(H,86,105)(H,87,104)(H,91,107)(H,92,113)(H,93,114)(H,94,112)(H,95,109)(H,96,115)(H,97,110)(H,98,111)(H,101,106)(H4,83,84,88)(H,99,100,102,103)/t59-,60-,61-,62-,63+,64-,65-,66-/m0/s1. The van der Waals surface area contributed by atoms with E-state index in [1.165, 1.54) is 57.5 Å². The van der Waals surface area contributed by atoms with Gasteiger partial charge in [-0.25, -0.2) is 13.4 Å². The molecular formula is C80H125N23O16S. The first-order valence-corrected chi connectivity index (χ1v) is 43.5. The number of sulfonamides is 1. The molecular weight excluding hydrogens is 1570 g/mol. The van der Waals surface area contributed by atoms with E-state index >= 15 is 0 Å². The fourth-order valence-electron chi connectivity index (χ4n) is 13.4. The van der Waals surface area contributed by atoms with Crippen LogP contribution in [0.4, 0.5) is 0 Å². The summed E-state index contributed by atoms with van der Waals surface area (Å²) >= 11 is 0. The lowest BCUT2D eigenvalue weighted by atomic mass is 10.0. The van der Waals surface area contributed by atoms with Crippen LogP contribution < -0.4 is 80.8 Å². The van der Waals surface area contributed by atoms with Gasteiger partial charge in [0.05, 0.1) is 31.9 Å². The average molecular weight is 1700 g/mol. The Morgan fingerprint density at radius 2 is 1.27 bits per heavy atom. The van der Waals surface area contributed by atoms with Gasteiger partial charge in [0.25, 0.3) is 0 Å². The van der Waals surface area contributed by atoms with Gasteiger partial charge in [-0.2, -0.15) is 5.21 Å². The molecule has 3 aromatic heterocycles. The van der Waals surface area contributed by atoms with Crippen molar-refractivity contribution in [3.63, 3.8) is 0 Å². The van der Waals surface area contributed by atoms with E-state index < -0.39 is 136 Å². The minimum absolute atomic E-state index is 0.00961. The van der Waals surface area contributed by atoms with Crippen molar-refractivity contribution < 1.29 is 75.4 Å². The molecule has 1 aliphatic heterocycles. The molecule has 1 aliphatic rings. The lowest BCUT2D eigenvalue weighted by Gasteiger charge is -2.28. The number of unbranched alkanes of at least 4 members (excludes halogenated alkanes) is 14. The molecule has 0 bridgehead atoms. The summed E-state index contributed by atoms with van der Waals surface area (Å²) in [7, 11) is -3.86. The second kappa shape index (κ2) is 55.7. The van der Waals surface area contributed by atoms with Crippen LogP contribution >= 0.6 is 0 Å². The molecule has 0 aliphatic carbocycles. The quantitative estimate of drug-likeness (QED) is 0.0144. The number of ether oxygens (including phenoxy) is 2. The number of hydrogen-bond donors (Lipinski definition) is 18. The molecule has 40 heteroatoms. The number of carbonyl (C=O) groups excluding carboxylic acids is 12. The highest BCUT2D eigenvalue weighted by molar-refractivity contribution is 7.90. The second-order valence-electron chi connectivity index (χ2n) is 29.9. The van der Waals surface area contributed by atoms with Crippen LogP contribution in [-0.4, -0.2) is 228 Å². The van der Waals surface area contributed by atoms with Gasteiger partial charge < -0.3 is 95.5 Å². The molecule has 1 saturated heterocycles. The first-order valence-electron chi connectivity index (χ1n) is 41.9. The number of aliphatic imine (C=N–C) groups is 1. The topological polar surface area (TPSA) is 605 Å². The first-order chi connectivity index (χ1) is 57.9. The van der Waals surface area contributed by atoms with Gasteiger partial charge in [-0.3, -0.25) is 67.2 Å². The number of amides is 12. The van der Waals surface area contributed by atoms with Crippen LogP contribution in [0.2, 0.25) is 0 Å². The average Bonchev–Trinajstić information content (AvgIpc) is 1.67. The van der Waals surface area contributed by atoms with Gasteiger partial charge in [0.15, 0.2) is 11.8 Å². The lowest BCUT2D eigenvalue weighted by molar-refractivity contribution is -0.136. The predicted molar refractivity (Wildman–Crippen MR) is 447 cm³/mol. The smallest absolute Gasteiger partial charge is 0.246 e. The van der Waals surface area contributed by atoms with Crippen LogP contribution in [-0.2, 0) is 103 Å². The van der Waals surface area contributed by atoms with Crippen molar-refractivity contribution in [3.05, 3.63) is 96.0 Å². The molecule has 1 fully saturated rings. The van der Waals surface area contributed by atoms with Crippen molar-refractivity contribution in [2.45, 2.75) is 254 Å². The summed E-state index contributed by atoms with van der Waals surface area (Å²) < 4.78 is 38.4. The van der Waals surface area contributed by atoms with Gasteiger partial charge in [0, 0.05) is 100 Å². The van der Waals surface area contributed by atoms with E-state index in [2.05, 4.69) is 98.5 Å². The van der Waals surface area contributed by atoms with E-state index in [1.807, 2.05) is 25.1 Å². The lowest BCUT2D eigenvalue weighted by Crippen LogP contribution is -2.61. The highest BCUT2D eigenvalue weighted by Crippen LogP contribution is 2.21. The summed E-state index contributed by atoms with van der Waals surface area (Å²) in [5.41, 5.74) is 25.7. The Bertz CT molecular complexity index is 4110.